The number of nitrogens with one attached hydrogen (secondary N) is 1. The Kier molecular flexibility index (Phi) is 5.46. The molecule has 0 aromatic heterocycles. The quantitative estimate of drug-likeness (QED) is 0.520. The average molecular weight is 477 g/mol. The second-order valence-electron chi connectivity index (χ2n) is 8.69. The van der Waals surface area contributed by atoms with E-state index in [1.807, 2.05) is 26.0 Å². The first-order valence-corrected chi connectivity index (χ1v) is 11.1. The van der Waals surface area contributed by atoms with E-state index in [0.29, 0.717) is 5.69 Å². The van der Waals surface area contributed by atoms with Crippen molar-refractivity contribution in [3.05, 3.63) is 27.7 Å². The molecule has 1 aromatic carbocycles. The molecule has 0 radical (unpaired) electrons. The van der Waals surface area contributed by atoms with E-state index in [4.69, 9.17) is 4.74 Å². The maximum Gasteiger partial charge on any atom is 0.329 e. The van der Waals surface area contributed by atoms with Gasteiger partial charge in [0, 0.05) is 10.2 Å². The van der Waals surface area contributed by atoms with Crippen molar-refractivity contribution < 1.29 is 23.9 Å². The summed E-state index contributed by atoms with van der Waals surface area (Å²) in [6, 6.07) is 2.60. The topological polar surface area (TPSA) is 92.8 Å². The summed E-state index contributed by atoms with van der Waals surface area (Å²) in [5, 5.41) is 2.70. The lowest BCUT2D eigenvalue weighted by Gasteiger charge is -2.23. The summed E-state index contributed by atoms with van der Waals surface area (Å²) in [4.78, 5) is 51.4. The number of rotatable bonds is 5. The lowest BCUT2D eigenvalue weighted by molar-refractivity contribution is -0.159. The van der Waals surface area contributed by atoms with Crippen LogP contribution in [0.4, 0.5) is 5.69 Å². The Morgan fingerprint density at radius 2 is 1.67 bits per heavy atom. The van der Waals surface area contributed by atoms with E-state index in [9.17, 15) is 19.2 Å². The number of fused-ring (bicyclic) bond motifs is 5. The molecule has 3 aliphatic rings. The van der Waals surface area contributed by atoms with Gasteiger partial charge in [0.1, 0.15) is 6.04 Å². The van der Waals surface area contributed by atoms with Gasteiger partial charge in [0.15, 0.2) is 6.61 Å². The van der Waals surface area contributed by atoms with Crippen LogP contribution in [-0.2, 0) is 23.9 Å². The maximum atomic E-state index is 12.8. The Hall–Kier alpha value is -2.22. The molecule has 1 saturated heterocycles. The third-order valence-electron chi connectivity index (χ3n) is 6.76. The third kappa shape index (κ3) is 3.45. The molecule has 5 atom stereocenters. The standard InChI is InChI=1S/C22H25BrN2O5/c1-10-6-15(7-11(2)19(10)23)24-16(26)9-30-22(29)12(3)25-20(27)17-13-4-5-14(8-13)18(17)21(25)28/h6-7,12-14,17-18H,4-5,8-9H2,1-3H3,(H,24,26)/t12-,13-,14-,17-,18-/m0/s1. The van der Waals surface area contributed by atoms with E-state index in [0.717, 1.165) is 39.8 Å². The maximum absolute atomic E-state index is 12.8. The first kappa shape index (κ1) is 21.0. The average Bonchev–Trinajstić information content (AvgIpc) is 3.37. The molecule has 2 aliphatic carbocycles. The SMILES string of the molecule is Cc1cc(NC(=O)COC(=O)[C@H](C)N2C(=O)[C@H]3[C@H]4CC[C@@H](C4)[C@@H]3C2=O)cc(C)c1Br. The molecule has 0 spiro atoms. The van der Waals surface area contributed by atoms with Gasteiger partial charge in [0.25, 0.3) is 5.91 Å². The number of aryl methyl sites for hydroxylation is 2. The van der Waals surface area contributed by atoms with E-state index in [1.54, 1.807) is 0 Å². The van der Waals surface area contributed by atoms with E-state index in [1.165, 1.54) is 6.92 Å². The second kappa shape index (κ2) is 7.80. The van der Waals surface area contributed by atoms with E-state index in [-0.39, 0.29) is 35.5 Å². The molecule has 0 unspecified atom stereocenters. The monoisotopic (exact) mass is 476 g/mol. The fraction of sp³-hybridized carbons (Fsp3) is 0.545. The Balaban J connectivity index is 1.34. The number of nitrogens with zero attached hydrogens (tertiary/aromatic N) is 1. The highest BCUT2D eigenvalue weighted by atomic mass is 79.9. The normalized spacial score (nSPS) is 27.9. The van der Waals surface area contributed by atoms with Crippen molar-refractivity contribution in [2.45, 2.75) is 46.1 Å². The molecule has 30 heavy (non-hydrogen) atoms. The zero-order chi connectivity index (χ0) is 21.7. The highest BCUT2D eigenvalue weighted by molar-refractivity contribution is 9.10. The Morgan fingerprint density at radius 3 is 2.20 bits per heavy atom. The molecule has 2 saturated carbocycles. The Morgan fingerprint density at radius 1 is 1.13 bits per heavy atom. The molecular formula is C22H25BrN2O5. The number of anilines is 1. The largest absolute Gasteiger partial charge is 0.454 e. The van der Waals surface area contributed by atoms with Crippen LogP contribution in [0.25, 0.3) is 0 Å². The van der Waals surface area contributed by atoms with Crippen LogP contribution in [0, 0.1) is 37.5 Å². The van der Waals surface area contributed by atoms with Gasteiger partial charge in [0.2, 0.25) is 11.8 Å². The number of hydrogen-bond donors (Lipinski definition) is 1. The van der Waals surface area contributed by atoms with Gasteiger partial charge >= 0.3 is 5.97 Å². The molecule has 2 bridgehead atoms. The number of hydrogen-bond acceptors (Lipinski definition) is 5. The third-order valence-corrected chi connectivity index (χ3v) is 8.01. The highest BCUT2D eigenvalue weighted by Crippen LogP contribution is 2.56. The van der Waals surface area contributed by atoms with Gasteiger partial charge in [-0.3, -0.25) is 19.3 Å². The number of benzene rings is 1. The summed E-state index contributed by atoms with van der Waals surface area (Å²) in [5.41, 5.74) is 2.55. The van der Waals surface area contributed by atoms with Gasteiger partial charge in [-0.25, -0.2) is 4.79 Å². The highest BCUT2D eigenvalue weighted by Gasteiger charge is 2.62. The van der Waals surface area contributed by atoms with Crippen LogP contribution in [0.3, 0.4) is 0 Å². The Labute approximate surface area is 183 Å². The summed E-state index contributed by atoms with van der Waals surface area (Å²) >= 11 is 3.47. The number of ether oxygens (including phenoxy) is 1. The minimum atomic E-state index is -1.03. The molecule has 1 N–H and O–H groups in total. The first-order chi connectivity index (χ1) is 14.2. The van der Waals surface area contributed by atoms with Crippen LogP contribution in [0.2, 0.25) is 0 Å². The van der Waals surface area contributed by atoms with Crippen LogP contribution >= 0.6 is 15.9 Å². The second-order valence-corrected chi connectivity index (χ2v) is 9.48. The molecule has 7 nitrogen and oxygen atoms in total. The van der Waals surface area contributed by atoms with Crippen LogP contribution in [0.1, 0.15) is 37.3 Å². The van der Waals surface area contributed by atoms with Gasteiger partial charge in [-0.15, -0.1) is 0 Å². The van der Waals surface area contributed by atoms with Gasteiger partial charge in [-0.2, -0.15) is 0 Å². The van der Waals surface area contributed by atoms with Crippen molar-refractivity contribution in [1.82, 2.24) is 4.90 Å². The number of amides is 3. The van der Waals surface area contributed by atoms with Crippen LogP contribution in [-0.4, -0.2) is 41.2 Å². The van der Waals surface area contributed by atoms with Crippen molar-refractivity contribution in [2.24, 2.45) is 23.7 Å². The van der Waals surface area contributed by atoms with Crippen molar-refractivity contribution in [3.63, 3.8) is 0 Å². The van der Waals surface area contributed by atoms with Crippen LogP contribution < -0.4 is 5.32 Å². The summed E-state index contributed by atoms with van der Waals surface area (Å²) in [7, 11) is 0. The van der Waals surface area contributed by atoms with Gasteiger partial charge in [-0.05, 0) is 75.1 Å². The summed E-state index contributed by atoms with van der Waals surface area (Å²) < 4.78 is 6.09. The number of carbonyl (C=O) groups excluding carboxylic acids is 4. The molecule has 1 aliphatic heterocycles. The smallest absolute Gasteiger partial charge is 0.329 e. The van der Waals surface area contributed by atoms with Crippen molar-refractivity contribution in [1.29, 1.82) is 0 Å². The first-order valence-electron chi connectivity index (χ1n) is 10.3. The molecule has 3 amide bonds. The predicted molar refractivity (Wildman–Crippen MR) is 112 cm³/mol. The molecular weight excluding hydrogens is 452 g/mol. The number of halogens is 1. The van der Waals surface area contributed by atoms with Crippen molar-refractivity contribution in [3.8, 4) is 0 Å². The lowest BCUT2D eigenvalue weighted by atomic mass is 9.81. The minimum absolute atomic E-state index is 0.257. The zero-order valence-electron chi connectivity index (χ0n) is 17.2. The molecule has 1 heterocycles. The summed E-state index contributed by atoms with van der Waals surface area (Å²) in [5.74, 6) is -1.79. The fourth-order valence-corrected chi connectivity index (χ4v) is 5.62. The molecule has 4 rings (SSSR count). The molecule has 3 fully saturated rings. The summed E-state index contributed by atoms with van der Waals surface area (Å²) in [6.45, 7) is 4.84. The van der Waals surface area contributed by atoms with Crippen LogP contribution in [0.5, 0.6) is 0 Å². The fourth-order valence-electron chi connectivity index (χ4n) is 5.39. The minimum Gasteiger partial charge on any atom is -0.454 e. The molecule has 8 heteroatoms. The zero-order valence-corrected chi connectivity index (χ0v) is 18.8. The van der Waals surface area contributed by atoms with Crippen molar-refractivity contribution >= 4 is 45.3 Å². The Bertz CT molecular complexity index is 894. The molecule has 1 aromatic rings. The number of imide groups is 1. The number of likely N-dealkylation sites (tertiary alicyclic amines) is 1. The van der Waals surface area contributed by atoms with Crippen molar-refractivity contribution in [2.75, 3.05) is 11.9 Å². The number of carbonyl (C=O) groups is 4. The molecule has 160 valence electrons. The van der Waals surface area contributed by atoms with Gasteiger partial charge < -0.3 is 10.1 Å². The van der Waals surface area contributed by atoms with E-state index < -0.39 is 24.5 Å². The van der Waals surface area contributed by atoms with E-state index >= 15 is 0 Å². The van der Waals surface area contributed by atoms with E-state index in [2.05, 4.69) is 21.2 Å². The van der Waals surface area contributed by atoms with Gasteiger partial charge in [0.05, 0.1) is 11.8 Å². The predicted octanol–water partition coefficient (Wildman–Crippen LogP) is 2.97. The summed E-state index contributed by atoms with van der Waals surface area (Å²) in [6.07, 6.45) is 2.90. The van der Waals surface area contributed by atoms with Gasteiger partial charge in [-0.1, -0.05) is 15.9 Å². The number of esters is 1. The van der Waals surface area contributed by atoms with Crippen LogP contribution in [0.15, 0.2) is 16.6 Å². The lowest BCUT2D eigenvalue weighted by Crippen LogP contribution is -2.45.